The van der Waals surface area contributed by atoms with Gasteiger partial charge in [-0.3, -0.25) is 29.9 Å². The number of allylic oxidation sites excluding steroid dienone is 1. The Morgan fingerprint density at radius 2 is 1.24 bits per heavy atom. The summed E-state index contributed by atoms with van der Waals surface area (Å²) in [6.45, 7) is 25.5. The quantitative estimate of drug-likeness (QED) is 0.0210. The molecule has 2 saturated heterocycles. The van der Waals surface area contributed by atoms with Gasteiger partial charge in [0, 0.05) is 68.1 Å². The number of rotatable bonds is 13. The highest BCUT2D eigenvalue weighted by molar-refractivity contribution is 7.89. The van der Waals surface area contributed by atoms with E-state index in [9.17, 15) is 65.1 Å². The van der Waals surface area contributed by atoms with Crippen molar-refractivity contribution >= 4 is 52.2 Å². The number of nitrogens with zero attached hydrogens (tertiary/aromatic N) is 4. The van der Waals surface area contributed by atoms with Gasteiger partial charge in [-0.1, -0.05) is 104 Å². The summed E-state index contributed by atoms with van der Waals surface area (Å²) < 4.78 is 91.0. The van der Waals surface area contributed by atoms with Crippen molar-refractivity contribution in [2.45, 2.75) is 206 Å². The third-order valence-electron chi connectivity index (χ3n) is 21.0. The van der Waals surface area contributed by atoms with Gasteiger partial charge in [0.2, 0.25) is 5.43 Å². The van der Waals surface area contributed by atoms with Gasteiger partial charge in [0.1, 0.15) is 47.4 Å². The smallest absolute Gasteiger partial charge is 0.410 e. The Hall–Kier alpha value is -9.74. The lowest BCUT2D eigenvalue weighted by Crippen LogP contribution is -2.51. The molecule has 0 unspecified atom stereocenters. The van der Waals surface area contributed by atoms with E-state index in [0.29, 0.717) is 43.6 Å². The van der Waals surface area contributed by atoms with Crippen molar-refractivity contribution < 1.29 is 83.9 Å². The second-order valence-electron chi connectivity index (χ2n) is 31.4. The number of likely N-dealkylation sites (tertiary alicyclic amines) is 1. The Labute approximate surface area is 635 Å². The number of aromatic nitrogens is 1. The van der Waals surface area contributed by atoms with Gasteiger partial charge in [-0.05, 0) is 169 Å². The second kappa shape index (κ2) is 34.0. The van der Waals surface area contributed by atoms with E-state index in [2.05, 4.69) is 33.3 Å². The molecule has 11 atom stereocenters. The number of carbonyl (C=O) groups is 7. The molecule has 1 spiro atoms. The van der Waals surface area contributed by atoms with Crippen LogP contribution < -0.4 is 32.1 Å². The number of hydrogen-bond acceptors (Lipinski definition) is 17. The zero-order valence-electron chi connectivity index (χ0n) is 63.2. The lowest BCUT2D eigenvalue weighted by Gasteiger charge is -2.39. The third kappa shape index (κ3) is 20.6. The monoisotopic (exact) mass is 1540 g/mol. The molecule has 2 bridgehead atoms. The van der Waals surface area contributed by atoms with Gasteiger partial charge in [-0.25, -0.2) is 40.8 Å². The van der Waals surface area contributed by atoms with Crippen LogP contribution in [0.25, 0.3) is 0 Å². The lowest BCUT2D eigenvalue weighted by atomic mass is 10.0. The van der Waals surface area contributed by atoms with E-state index in [1.807, 2.05) is 149 Å². The molecule has 4 aliphatic carbocycles. The number of alkyl carbamates (subject to hydrolysis) is 2. The van der Waals surface area contributed by atoms with E-state index >= 15 is 0 Å². The summed E-state index contributed by atoms with van der Waals surface area (Å²) in [6.07, 6.45) is 12.5. The summed E-state index contributed by atoms with van der Waals surface area (Å²) in [5.41, 5.74) is -1.98. The Bertz CT molecular complexity index is 4360. The van der Waals surface area contributed by atoms with Crippen LogP contribution in [0.4, 0.5) is 32.3 Å². The van der Waals surface area contributed by atoms with Crippen LogP contribution in [0, 0.1) is 53.5 Å². The Morgan fingerprint density at radius 1 is 0.706 bits per heavy atom. The van der Waals surface area contributed by atoms with E-state index in [4.69, 9.17) is 24.8 Å². The zero-order chi connectivity index (χ0) is 79.2. The highest BCUT2D eigenvalue weighted by Crippen LogP contribution is 2.59. The minimum absolute atomic E-state index is 0. The number of nitrogens with one attached hydrogen (secondary N) is 4. The number of benzene rings is 4. The van der Waals surface area contributed by atoms with Crippen LogP contribution in [-0.2, 0) is 63.8 Å². The summed E-state index contributed by atoms with van der Waals surface area (Å²) in [7, 11) is -2.06. The molecule has 13 rings (SSSR count). The van der Waals surface area contributed by atoms with Crippen LogP contribution >= 0.6 is 0 Å². The predicted octanol–water partition coefficient (Wildman–Crippen LogP) is 12.4. The fourth-order valence-electron chi connectivity index (χ4n) is 14.2. The zero-order valence-corrected chi connectivity index (χ0v) is 64.0. The van der Waals surface area contributed by atoms with Crippen molar-refractivity contribution in [3.05, 3.63) is 189 Å². The molecule has 4 saturated carbocycles. The van der Waals surface area contributed by atoms with Crippen LogP contribution in [0.1, 0.15) is 171 Å². The number of nitrogens with two attached hydrogens (primary N) is 1. The normalized spacial score (nSPS) is 25.5. The molecular weight excluding hydrogens is 1430 g/mol. The molecule has 7 N–H and O–H groups in total. The van der Waals surface area contributed by atoms with E-state index in [0.717, 1.165) is 68.1 Å². The molecule has 8 aliphatic rings. The fraction of sp³-hybridized carbons (Fsp3) is 0.500. The maximum absolute atomic E-state index is 13.9. The van der Waals surface area contributed by atoms with E-state index < -0.39 is 108 Å². The molecule has 25 nitrogen and oxygen atoms in total. The van der Waals surface area contributed by atoms with Crippen molar-refractivity contribution in [2.75, 3.05) is 26.7 Å². The van der Waals surface area contributed by atoms with Gasteiger partial charge in [0.15, 0.2) is 11.4 Å². The number of pyridine rings is 1. The van der Waals surface area contributed by atoms with Gasteiger partial charge >= 0.3 is 30.3 Å². The highest BCUT2D eigenvalue weighted by Gasteiger charge is 2.63. The first-order valence-corrected chi connectivity index (χ1v) is 37.6. The summed E-state index contributed by atoms with van der Waals surface area (Å²) in [4.78, 5) is 106. The van der Waals surface area contributed by atoms with Gasteiger partial charge < -0.3 is 59.1 Å². The van der Waals surface area contributed by atoms with Crippen LogP contribution in [0.15, 0.2) is 138 Å². The number of methoxy groups -OCH3 is 1. The van der Waals surface area contributed by atoms with Gasteiger partial charge in [0.25, 0.3) is 21.8 Å². The first-order valence-electron chi connectivity index (χ1n) is 36.1. The molecule has 0 radical (unpaired) electrons. The van der Waals surface area contributed by atoms with E-state index in [-0.39, 0.29) is 84.8 Å². The Kier molecular flexibility index (Phi) is 26.5. The number of hydrazine groups is 1. The number of amides is 6. The number of aryl methyl sites for hydroxylation is 1. The number of aromatic hydroxyl groups is 1. The molecule has 29 heteroatoms. The predicted molar refractivity (Wildman–Crippen MR) is 401 cm³/mol. The Morgan fingerprint density at radius 3 is 1.77 bits per heavy atom. The third-order valence-corrected chi connectivity index (χ3v) is 22.2. The molecular formula is C80H104F3N9O16S. The van der Waals surface area contributed by atoms with Gasteiger partial charge in [0.05, 0.1) is 40.1 Å². The molecule has 5 aromatic rings. The van der Waals surface area contributed by atoms with Crippen molar-refractivity contribution in [1.29, 1.82) is 0 Å². The van der Waals surface area contributed by atoms with Crippen LogP contribution in [-0.4, -0.2) is 142 Å². The maximum Gasteiger partial charge on any atom is 0.410 e. The number of sulfonamides is 1. The number of esters is 1. The molecule has 6 fully saturated rings. The second-order valence-corrected chi connectivity index (χ2v) is 33.1. The number of fused-ring (bicyclic) bond motifs is 4. The molecule has 5 heterocycles. The number of ether oxygens (including phenoxy) is 5. The van der Waals surface area contributed by atoms with Crippen LogP contribution in [0.3, 0.4) is 0 Å². The van der Waals surface area contributed by atoms with Crippen molar-refractivity contribution in [2.24, 2.45) is 34.9 Å². The van der Waals surface area contributed by atoms with Crippen molar-refractivity contribution in [3.8, 4) is 5.75 Å². The largest absolute Gasteiger partial charge is 0.503 e. The van der Waals surface area contributed by atoms with Crippen LogP contribution in [0.2, 0.25) is 0 Å². The topological polar surface area (TPSA) is 326 Å². The average Bonchev–Trinajstić information content (AvgIpc) is 1.48. The summed E-state index contributed by atoms with van der Waals surface area (Å²) >= 11 is 0. The van der Waals surface area contributed by atoms with E-state index in [1.54, 1.807) is 36.2 Å². The maximum atomic E-state index is 13.9. The summed E-state index contributed by atoms with van der Waals surface area (Å²) in [5.74, 6) is 0.218. The molecule has 4 aromatic carbocycles. The summed E-state index contributed by atoms with van der Waals surface area (Å²) in [5, 5.41) is 18.9. The lowest BCUT2D eigenvalue weighted by molar-refractivity contribution is -0.146. The highest BCUT2D eigenvalue weighted by atomic mass is 32.2. The molecule has 109 heavy (non-hydrogen) atoms. The fourth-order valence-corrected chi connectivity index (χ4v) is 14.8. The first kappa shape index (κ1) is 84.9. The molecule has 1 aromatic heterocycles. The SMILES string of the molecule is C.C=C[C@@H]1C[C@]1(C)C(=O)OC.C[C@@H]1C=C[C@@H]2C[C@]2(NC(=O)OC(C)(C)C)CN1C(=O)OCc1ccccc1.C[C@@H]1CC[C@@H]2C[C@]2(NC(=O)OC(C)(C)C)CN1C(=O)OCc1ccccc1.C[C@@H]1CC[C@H]2C[C@@]23CN1C(=O)c1c(O)c(=O)c(C(=O)NCc2c(F)cc(F)cc2F)cn13.Cc1ccc(S(=O)(=O)NN)cc1. The van der Waals surface area contributed by atoms with Crippen molar-refractivity contribution in [1.82, 2.24) is 40.0 Å². The number of carbonyl (C=O) groups excluding carboxylic acids is 7. The first-order chi connectivity index (χ1) is 50.7. The standard InChI is InChI=1S/C22H20F3N3O4.C21H30N2O4.C21H28N2O4.C8H12O2.C7H10N2O2S.CH4/c1-10-2-3-11-6-22(11)9-27(10)21(32)17-19(30)18(29)14(8-28(17)22)20(31)26-7-13-15(24)4-12(23)5-16(13)25;2*1-15-10-11-17-12-21(17,22-18(24)27-20(2,3)4)14-23(15)19(25)26-13-16-8-6-5-7-9-16;1-4-6-5-8(6,2)7(9)10-3;1-6-2-4-7(5-3-6)12(10,11)9-8;/h4-5,8,10-11,30H,2-3,6-7,9H2,1H3,(H,26,31);5-9,15,17H,10-14H2,1-4H3,(H,22,24);5-11,15,17H,12-14H2,1-4H3,(H,22,24);4,6H,1,5H2,2-3H3;2-5,9H,8H2,1H3;1H4/t10-,11+,22-;2*15-,17-,21+;6-,8+;;/m1111../s1. The summed E-state index contributed by atoms with van der Waals surface area (Å²) in [6, 6.07) is 26.6. The van der Waals surface area contributed by atoms with Gasteiger partial charge in [-0.15, -0.1) is 6.58 Å². The average molecular weight is 1540 g/mol. The van der Waals surface area contributed by atoms with E-state index in [1.165, 1.54) is 25.4 Å². The number of hydrogen-bond donors (Lipinski definition) is 6. The Balaban J connectivity index is 0.000000180. The van der Waals surface area contributed by atoms with Crippen molar-refractivity contribution in [3.63, 3.8) is 0 Å². The molecule has 6 amide bonds. The molecule has 592 valence electrons. The molecule has 4 aliphatic heterocycles. The minimum Gasteiger partial charge on any atom is -0.503 e. The van der Waals surface area contributed by atoms with Gasteiger partial charge in [-0.2, -0.15) is 4.83 Å². The minimum atomic E-state index is -3.49. The van der Waals surface area contributed by atoms with Crippen LogP contribution in [0.5, 0.6) is 5.75 Å². The number of halogens is 3.